The summed E-state index contributed by atoms with van der Waals surface area (Å²) >= 11 is 7.57. The predicted octanol–water partition coefficient (Wildman–Crippen LogP) is 7.47. The molecule has 1 N–H and O–H groups in total. The highest BCUT2D eigenvalue weighted by atomic mass is 35.5. The van der Waals surface area contributed by atoms with Gasteiger partial charge in [0.2, 0.25) is 0 Å². The molecular formula is C24H15ClFN3S. The molecule has 6 heteroatoms. The van der Waals surface area contributed by atoms with Crippen LogP contribution in [0.1, 0.15) is 0 Å². The molecule has 0 atom stereocenters. The average molecular weight is 432 g/mol. The van der Waals surface area contributed by atoms with Crippen LogP contribution in [0, 0.1) is 5.82 Å². The molecule has 0 radical (unpaired) electrons. The van der Waals surface area contributed by atoms with Gasteiger partial charge in [0, 0.05) is 15.6 Å². The number of hydrogen-bond donors (Lipinski definition) is 1. The van der Waals surface area contributed by atoms with Gasteiger partial charge < -0.3 is 5.32 Å². The minimum absolute atomic E-state index is 0.271. The molecule has 30 heavy (non-hydrogen) atoms. The van der Waals surface area contributed by atoms with E-state index < -0.39 is 0 Å². The Balaban J connectivity index is 1.64. The van der Waals surface area contributed by atoms with E-state index in [0.717, 1.165) is 32.4 Å². The van der Waals surface area contributed by atoms with Crippen LogP contribution in [-0.2, 0) is 0 Å². The molecule has 0 aliphatic carbocycles. The summed E-state index contributed by atoms with van der Waals surface area (Å²) in [6.07, 6.45) is 0. The van der Waals surface area contributed by atoms with Gasteiger partial charge in [-0.3, -0.25) is 0 Å². The fraction of sp³-hybridized carbons (Fsp3) is 0. The Bertz CT molecular complexity index is 1370. The normalized spacial score (nSPS) is 11.1. The standard InChI is InChI=1S/C24H15ClFN3S/c25-17-6-3-7-19(14-17)27-23-24(30-20-10-8-18(26)9-11-20)29-22-13-16-5-2-1-4-15(16)12-21(22)28-23/h1-14H,(H,27,28). The van der Waals surface area contributed by atoms with E-state index in [2.05, 4.69) is 17.4 Å². The summed E-state index contributed by atoms with van der Waals surface area (Å²) in [6, 6.07) is 26.0. The van der Waals surface area contributed by atoms with Crippen molar-refractivity contribution in [2.24, 2.45) is 0 Å². The van der Waals surface area contributed by atoms with Crippen LogP contribution >= 0.6 is 23.4 Å². The number of anilines is 2. The summed E-state index contributed by atoms with van der Waals surface area (Å²) in [5.74, 6) is 0.349. The van der Waals surface area contributed by atoms with Crippen molar-refractivity contribution in [3.63, 3.8) is 0 Å². The van der Waals surface area contributed by atoms with Crippen molar-refractivity contribution >= 4 is 56.7 Å². The molecule has 0 fully saturated rings. The summed E-state index contributed by atoms with van der Waals surface area (Å²) in [4.78, 5) is 10.6. The number of rotatable bonds is 4. The molecule has 0 saturated heterocycles. The number of nitrogens with one attached hydrogen (secondary N) is 1. The highest BCUT2D eigenvalue weighted by Gasteiger charge is 2.13. The van der Waals surface area contributed by atoms with Crippen LogP contribution < -0.4 is 5.32 Å². The third-order valence-corrected chi connectivity index (χ3v) is 5.84. The van der Waals surface area contributed by atoms with Gasteiger partial charge in [0.15, 0.2) is 5.82 Å². The van der Waals surface area contributed by atoms with Gasteiger partial charge in [0.05, 0.1) is 11.0 Å². The van der Waals surface area contributed by atoms with Crippen molar-refractivity contribution in [2.75, 3.05) is 5.32 Å². The average Bonchev–Trinajstić information content (AvgIpc) is 2.74. The molecule has 5 rings (SSSR count). The van der Waals surface area contributed by atoms with Gasteiger partial charge in [-0.05, 0) is 65.4 Å². The highest BCUT2D eigenvalue weighted by molar-refractivity contribution is 7.99. The van der Waals surface area contributed by atoms with Crippen molar-refractivity contribution in [3.8, 4) is 0 Å². The lowest BCUT2D eigenvalue weighted by Crippen LogP contribution is -1.99. The Morgan fingerprint density at radius 1 is 0.767 bits per heavy atom. The molecule has 5 aromatic rings. The van der Waals surface area contributed by atoms with E-state index in [9.17, 15) is 4.39 Å². The topological polar surface area (TPSA) is 37.8 Å². The zero-order valence-corrected chi connectivity index (χ0v) is 17.2. The van der Waals surface area contributed by atoms with Crippen LogP contribution in [0.25, 0.3) is 21.8 Å². The lowest BCUT2D eigenvalue weighted by Gasteiger charge is -2.12. The molecular weight excluding hydrogens is 417 g/mol. The summed E-state index contributed by atoms with van der Waals surface area (Å²) in [5, 5.41) is 6.87. The fourth-order valence-electron chi connectivity index (χ4n) is 3.20. The molecule has 0 aliphatic heterocycles. The Morgan fingerprint density at radius 3 is 2.17 bits per heavy atom. The van der Waals surface area contributed by atoms with Gasteiger partial charge >= 0.3 is 0 Å². The first-order valence-corrected chi connectivity index (χ1v) is 10.5. The SMILES string of the molecule is Fc1ccc(Sc2nc3cc4ccccc4cc3nc2Nc2cccc(Cl)c2)cc1. The second kappa shape index (κ2) is 7.94. The van der Waals surface area contributed by atoms with E-state index in [0.29, 0.717) is 15.9 Å². The molecule has 0 aliphatic rings. The first-order chi connectivity index (χ1) is 14.6. The summed E-state index contributed by atoms with van der Waals surface area (Å²) in [7, 11) is 0. The Kier molecular flexibility index (Phi) is 4.99. The zero-order chi connectivity index (χ0) is 20.5. The molecule has 3 nitrogen and oxygen atoms in total. The zero-order valence-electron chi connectivity index (χ0n) is 15.6. The van der Waals surface area contributed by atoms with Gasteiger partial charge in [-0.15, -0.1) is 0 Å². The van der Waals surface area contributed by atoms with E-state index in [1.807, 2.05) is 48.5 Å². The van der Waals surface area contributed by atoms with E-state index in [1.54, 1.807) is 12.1 Å². The first-order valence-electron chi connectivity index (χ1n) is 9.31. The Morgan fingerprint density at radius 2 is 1.47 bits per heavy atom. The number of halogens is 2. The fourth-order valence-corrected chi connectivity index (χ4v) is 4.22. The van der Waals surface area contributed by atoms with Gasteiger partial charge in [-0.2, -0.15) is 0 Å². The number of aromatic nitrogens is 2. The molecule has 4 aromatic carbocycles. The smallest absolute Gasteiger partial charge is 0.164 e. The minimum atomic E-state index is -0.271. The van der Waals surface area contributed by atoms with Gasteiger partial charge in [-0.25, -0.2) is 14.4 Å². The maximum Gasteiger partial charge on any atom is 0.164 e. The number of nitrogens with zero attached hydrogens (tertiary/aromatic N) is 2. The summed E-state index contributed by atoms with van der Waals surface area (Å²) in [6.45, 7) is 0. The monoisotopic (exact) mass is 431 g/mol. The van der Waals surface area contributed by atoms with Gasteiger partial charge in [-0.1, -0.05) is 53.7 Å². The summed E-state index contributed by atoms with van der Waals surface area (Å²) < 4.78 is 13.3. The van der Waals surface area contributed by atoms with Gasteiger partial charge in [0.25, 0.3) is 0 Å². The van der Waals surface area contributed by atoms with Crippen LogP contribution in [0.3, 0.4) is 0 Å². The second-order valence-electron chi connectivity index (χ2n) is 6.76. The van der Waals surface area contributed by atoms with Crippen LogP contribution in [-0.4, -0.2) is 9.97 Å². The third-order valence-electron chi connectivity index (χ3n) is 4.62. The molecule has 146 valence electrons. The molecule has 0 unspecified atom stereocenters. The van der Waals surface area contributed by atoms with E-state index in [-0.39, 0.29) is 5.82 Å². The van der Waals surface area contributed by atoms with Crippen LogP contribution in [0.4, 0.5) is 15.9 Å². The number of benzene rings is 4. The maximum atomic E-state index is 13.3. The molecule has 0 amide bonds. The predicted molar refractivity (Wildman–Crippen MR) is 122 cm³/mol. The van der Waals surface area contributed by atoms with Crippen molar-refractivity contribution in [2.45, 2.75) is 9.92 Å². The van der Waals surface area contributed by atoms with Crippen LogP contribution in [0.2, 0.25) is 5.02 Å². The van der Waals surface area contributed by atoms with E-state index in [1.165, 1.54) is 23.9 Å². The first kappa shape index (κ1) is 18.9. The summed E-state index contributed by atoms with van der Waals surface area (Å²) in [5.41, 5.74) is 2.41. The Labute approximate surface area is 181 Å². The van der Waals surface area contributed by atoms with Crippen molar-refractivity contribution in [3.05, 3.63) is 95.8 Å². The van der Waals surface area contributed by atoms with Crippen molar-refractivity contribution in [1.29, 1.82) is 0 Å². The Hall–Kier alpha value is -3.15. The number of fused-ring (bicyclic) bond motifs is 2. The lowest BCUT2D eigenvalue weighted by atomic mass is 10.1. The molecule has 0 bridgehead atoms. The minimum Gasteiger partial charge on any atom is -0.338 e. The maximum absolute atomic E-state index is 13.3. The third kappa shape index (κ3) is 3.95. The van der Waals surface area contributed by atoms with Crippen molar-refractivity contribution < 1.29 is 4.39 Å². The van der Waals surface area contributed by atoms with E-state index in [4.69, 9.17) is 21.6 Å². The van der Waals surface area contributed by atoms with Gasteiger partial charge in [0.1, 0.15) is 10.8 Å². The largest absolute Gasteiger partial charge is 0.338 e. The van der Waals surface area contributed by atoms with Crippen LogP contribution in [0.5, 0.6) is 0 Å². The second-order valence-corrected chi connectivity index (χ2v) is 8.26. The number of hydrogen-bond acceptors (Lipinski definition) is 4. The molecule has 1 heterocycles. The van der Waals surface area contributed by atoms with Crippen LogP contribution in [0.15, 0.2) is 94.9 Å². The highest BCUT2D eigenvalue weighted by Crippen LogP contribution is 2.35. The quantitative estimate of drug-likeness (QED) is 0.299. The van der Waals surface area contributed by atoms with Crippen molar-refractivity contribution in [1.82, 2.24) is 9.97 Å². The molecule has 0 spiro atoms. The lowest BCUT2D eigenvalue weighted by molar-refractivity contribution is 0.626. The molecule has 0 saturated carbocycles. The van der Waals surface area contributed by atoms with E-state index >= 15 is 0 Å². The molecule has 1 aromatic heterocycles.